The van der Waals surface area contributed by atoms with Gasteiger partial charge in [-0.15, -0.1) is 0 Å². The lowest BCUT2D eigenvalue weighted by atomic mass is 10.1. The Morgan fingerprint density at radius 3 is 2.88 bits per heavy atom. The van der Waals surface area contributed by atoms with Gasteiger partial charge < -0.3 is 15.7 Å². The van der Waals surface area contributed by atoms with E-state index in [0.29, 0.717) is 6.54 Å². The fourth-order valence-electron chi connectivity index (χ4n) is 2.38. The molecule has 4 nitrogen and oxygen atoms in total. The van der Waals surface area contributed by atoms with Gasteiger partial charge in [-0.05, 0) is 24.5 Å². The zero-order valence-electron chi connectivity index (χ0n) is 10.2. The molecule has 1 aliphatic heterocycles. The smallest absolute Gasteiger partial charge is 0.128 e. The number of nitrogens with zero attached hydrogens (tertiary/aromatic N) is 2. The van der Waals surface area contributed by atoms with Gasteiger partial charge in [0.25, 0.3) is 0 Å². The highest BCUT2D eigenvalue weighted by Gasteiger charge is 2.21. The summed E-state index contributed by atoms with van der Waals surface area (Å²) in [5.74, 6) is 0.961. The molecule has 94 valence electrons. The SMILES string of the molecule is NCc1ccc(N2CCCCCC2CO)nc1. The lowest BCUT2D eigenvalue weighted by Crippen LogP contribution is -2.38. The van der Waals surface area contributed by atoms with Gasteiger partial charge in [0.2, 0.25) is 0 Å². The van der Waals surface area contributed by atoms with Gasteiger partial charge in [-0.3, -0.25) is 0 Å². The van der Waals surface area contributed by atoms with E-state index in [4.69, 9.17) is 5.73 Å². The van der Waals surface area contributed by atoms with Gasteiger partial charge >= 0.3 is 0 Å². The van der Waals surface area contributed by atoms with Crippen LogP contribution in [0.15, 0.2) is 18.3 Å². The molecule has 0 saturated carbocycles. The molecule has 4 heteroatoms. The number of pyridine rings is 1. The Hall–Kier alpha value is -1.13. The quantitative estimate of drug-likeness (QED) is 0.828. The third-order valence-electron chi connectivity index (χ3n) is 3.43. The van der Waals surface area contributed by atoms with Crippen molar-refractivity contribution >= 4 is 5.82 Å². The molecule has 0 aromatic carbocycles. The van der Waals surface area contributed by atoms with Crippen LogP contribution in [0.5, 0.6) is 0 Å². The van der Waals surface area contributed by atoms with Crippen LogP contribution >= 0.6 is 0 Å². The van der Waals surface area contributed by atoms with E-state index in [0.717, 1.165) is 24.3 Å². The highest BCUT2D eigenvalue weighted by atomic mass is 16.3. The second-order valence-electron chi connectivity index (χ2n) is 4.61. The molecule has 0 amide bonds. The molecule has 1 atom stereocenters. The van der Waals surface area contributed by atoms with Crippen molar-refractivity contribution in [2.24, 2.45) is 5.73 Å². The zero-order chi connectivity index (χ0) is 12.1. The Morgan fingerprint density at radius 1 is 1.35 bits per heavy atom. The van der Waals surface area contributed by atoms with Crippen molar-refractivity contribution in [3.05, 3.63) is 23.9 Å². The Balaban J connectivity index is 2.16. The summed E-state index contributed by atoms with van der Waals surface area (Å²) in [6.07, 6.45) is 6.50. The summed E-state index contributed by atoms with van der Waals surface area (Å²) in [7, 11) is 0. The van der Waals surface area contributed by atoms with Crippen molar-refractivity contribution < 1.29 is 5.11 Å². The van der Waals surface area contributed by atoms with E-state index in [1.165, 1.54) is 19.3 Å². The Morgan fingerprint density at radius 2 is 2.24 bits per heavy atom. The summed E-state index contributed by atoms with van der Waals surface area (Å²) >= 11 is 0. The van der Waals surface area contributed by atoms with Crippen molar-refractivity contribution in [2.45, 2.75) is 38.3 Å². The van der Waals surface area contributed by atoms with E-state index < -0.39 is 0 Å². The molecule has 0 radical (unpaired) electrons. The molecule has 1 saturated heterocycles. The largest absolute Gasteiger partial charge is 0.394 e. The minimum absolute atomic E-state index is 0.209. The first kappa shape index (κ1) is 12.3. The standard InChI is InChI=1S/C13H21N3O/c14-8-11-5-6-13(15-9-11)16-7-3-1-2-4-12(16)10-17/h5-6,9,12,17H,1-4,7-8,10,14H2. The molecule has 1 unspecified atom stereocenters. The van der Waals surface area contributed by atoms with E-state index in [2.05, 4.69) is 9.88 Å². The van der Waals surface area contributed by atoms with Crippen LogP contribution in [-0.2, 0) is 6.54 Å². The maximum absolute atomic E-state index is 9.46. The maximum atomic E-state index is 9.46. The third-order valence-corrected chi connectivity index (χ3v) is 3.43. The number of aliphatic hydroxyl groups excluding tert-OH is 1. The Labute approximate surface area is 102 Å². The molecular weight excluding hydrogens is 214 g/mol. The molecule has 1 aromatic heterocycles. The maximum Gasteiger partial charge on any atom is 0.128 e. The zero-order valence-corrected chi connectivity index (χ0v) is 10.2. The van der Waals surface area contributed by atoms with Gasteiger partial charge in [-0.25, -0.2) is 4.98 Å². The van der Waals surface area contributed by atoms with E-state index in [-0.39, 0.29) is 12.6 Å². The van der Waals surface area contributed by atoms with Gasteiger partial charge in [-0.2, -0.15) is 0 Å². The number of hydrogen-bond acceptors (Lipinski definition) is 4. The second kappa shape index (κ2) is 5.98. The topological polar surface area (TPSA) is 62.4 Å². The van der Waals surface area contributed by atoms with Crippen molar-refractivity contribution in [3.8, 4) is 0 Å². The van der Waals surface area contributed by atoms with Crippen molar-refractivity contribution in [2.75, 3.05) is 18.1 Å². The van der Waals surface area contributed by atoms with Gasteiger partial charge in [0.05, 0.1) is 12.6 Å². The first-order chi connectivity index (χ1) is 8.35. The summed E-state index contributed by atoms with van der Waals surface area (Å²) in [4.78, 5) is 6.68. The average molecular weight is 235 g/mol. The minimum Gasteiger partial charge on any atom is -0.394 e. The molecule has 0 bridgehead atoms. The van der Waals surface area contributed by atoms with Crippen LogP contribution in [0.4, 0.5) is 5.82 Å². The van der Waals surface area contributed by atoms with Gasteiger partial charge in [0.15, 0.2) is 0 Å². The molecule has 0 spiro atoms. The van der Waals surface area contributed by atoms with E-state index in [9.17, 15) is 5.11 Å². The highest BCUT2D eigenvalue weighted by Crippen LogP contribution is 2.22. The van der Waals surface area contributed by atoms with E-state index >= 15 is 0 Å². The lowest BCUT2D eigenvalue weighted by Gasteiger charge is -2.29. The van der Waals surface area contributed by atoms with Crippen LogP contribution in [0.3, 0.4) is 0 Å². The first-order valence-corrected chi connectivity index (χ1v) is 6.37. The monoisotopic (exact) mass is 235 g/mol. The molecule has 3 N–H and O–H groups in total. The van der Waals surface area contributed by atoms with Crippen LogP contribution in [0.25, 0.3) is 0 Å². The summed E-state index contributed by atoms with van der Waals surface area (Å²) in [6, 6.07) is 4.24. The van der Waals surface area contributed by atoms with E-state index in [1.807, 2.05) is 18.3 Å². The summed E-state index contributed by atoms with van der Waals surface area (Å²) < 4.78 is 0. The van der Waals surface area contributed by atoms with Crippen molar-refractivity contribution in [1.29, 1.82) is 0 Å². The fourth-order valence-corrected chi connectivity index (χ4v) is 2.38. The second-order valence-corrected chi connectivity index (χ2v) is 4.61. The molecule has 2 rings (SSSR count). The lowest BCUT2D eigenvalue weighted by molar-refractivity contribution is 0.254. The molecule has 1 aliphatic rings. The Bertz CT molecular complexity index is 339. The summed E-state index contributed by atoms with van der Waals surface area (Å²) in [6.45, 7) is 1.72. The van der Waals surface area contributed by atoms with Crippen molar-refractivity contribution in [3.63, 3.8) is 0 Å². The normalized spacial score (nSPS) is 21.3. The Kier molecular flexibility index (Phi) is 4.34. The molecule has 0 aliphatic carbocycles. The minimum atomic E-state index is 0.209. The first-order valence-electron chi connectivity index (χ1n) is 6.37. The molecule has 17 heavy (non-hydrogen) atoms. The van der Waals surface area contributed by atoms with Gasteiger partial charge in [-0.1, -0.05) is 18.9 Å². The molecule has 1 aromatic rings. The summed E-state index contributed by atoms with van der Waals surface area (Å²) in [5, 5.41) is 9.46. The number of anilines is 1. The average Bonchev–Trinajstić information content (AvgIpc) is 2.64. The fraction of sp³-hybridized carbons (Fsp3) is 0.615. The highest BCUT2D eigenvalue weighted by molar-refractivity contribution is 5.40. The number of rotatable bonds is 3. The molecule has 1 fully saturated rings. The molecular formula is C13H21N3O. The van der Waals surface area contributed by atoms with Crippen LogP contribution in [-0.4, -0.2) is 29.3 Å². The van der Waals surface area contributed by atoms with Gasteiger partial charge in [0.1, 0.15) is 5.82 Å². The number of aliphatic hydroxyl groups is 1. The number of hydrogen-bond donors (Lipinski definition) is 2. The van der Waals surface area contributed by atoms with Gasteiger partial charge in [0, 0.05) is 19.3 Å². The van der Waals surface area contributed by atoms with Crippen molar-refractivity contribution in [1.82, 2.24) is 4.98 Å². The van der Waals surface area contributed by atoms with E-state index in [1.54, 1.807) is 0 Å². The summed E-state index contributed by atoms with van der Waals surface area (Å²) in [5.41, 5.74) is 6.61. The predicted octanol–water partition coefficient (Wildman–Crippen LogP) is 1.28. The number of aromatic nitrogens is 1. The van der Waals surface area contributed by atoms with Crippen LogP contribution in [0.1, 0.15) is 31.2 Å². The molecule has 2 heterocycles. The number of nitrogens with two attached hydrogens (primary N) is 1. The van der Waals surface area contributed by atoms with Crippen LogP contribution < -0.4 is 10.6 Å². The van der Waals surface area contributed by atoms with Crippen LogP contribution in [0, 0.1) is 0 Å². The third kappa shape index (κ3) is 2.96. The van der Waals surface area contributed by atoms with Crippen LogP contribution in [0.2, 0.25) is 0 Å². The predicted molar refractivity (Wildman–Crippen MR) is 68.8 cm³/mol.